The molecule has 0 aliphatic heterocycles. The number of rotatable bonds is 8. The normalized spacial score (nSPS) is 11.1. The molecular weight excluding hydrogens is 347 g/mol. The van der Waals surface area contributed by atoms with Crippen LogP contribution < -0.4 is 0 Å². The van der Waals surface area contributed by atoms with E-state index in [1.165, 1.54) is 12.1 Å². The number of carbonyl (C=O) groups is 2. The van der Waals surface area contributed by atoms with Crippen molar-refractivity contribution < 1.29 is 18.4 Å². The first-order valence-corrected chi connectivity index (χ1v) is 9.13. The van der Waals surface area contributed by atoms with Crippen molar-refractivity contribution in [1.82, 2.24) is 9.80 Å². The number of halogens is 1. The third kappa shape index (κ3) is 5.94. The summed E-state index contributed by atoms with van der Waals surface area (Å²) in [5.74, 6) is -0.0970. The smallest absolute Gasteiger partial charge is 0.242 e. The van der Waals surface area contributed by atoms with Crippen LogP contribution in [0.15, 0.2) is 47.1 Å². The predicted molar refractivity (Wildman–Crippen MR) is 101 cm³/mol. The fraction of sp³-hybridized carbons (Fsp3) is 0.429. The van der Waals surface area contributed by atoms with Crippen molar-refractivity contribution >= 4 is 11.8 Å². The van der Waals surface area contributed by atoms with Gasteiger partial charge in [-0.3, -0.25) is 9.59 Å². The van der Waals surface area contributed by atoms with Crippen molar-refractivity contribution in [3.05, 3.63) is 59.8 Å². The van der Waals surface area contributed by atoms with Gasteiger partial charge in [-0.2, -0.15) is 0 Å². The monoisotopic (exact) mass is 374 g/mol. The molecule has 0 saturated heterocycles. The molecule has 0 unspecified atom stereocenters. The number of benzene rings is 1. The highest BCUT2D eigenvalue weighted by molar-refractivity contribution is 5.85. The number of hydrogen-bond acceptors (Lipinski definition) is 3. The molecule has 1 heterocycles. The number of furan rings is 1. The average Bonchev–Trinajstić information content (AvgIpc) is 3.13. The number of amides is 2. The van der Waals surface area contributed by atoms with Gasteiger partial charge in [-0.05, 0) is 43.7 Å². The summed E-state index contributed by atoms with van der Waals surface area (Å²) in [5.41, 5.74) is 0.808. The zero-order valence-corrected chi connectivity index (χ0v) is 16.3. The largest absolute Gasteiger partial charge is 0.467 e. The van der Waals surface area contributed by atoms with Crippen molar-refractivity contribution in [2.24, 2.45) is 5.92 Å². The maximum atomic E-state index is 13.2. The maximum Gasteiger partial charge on any atom is 0.242 e. The van der Waals surface area contributed by atoms with Gasteiger partial charge in [0.15, 0.2) is 0 Å². The molecule has 146 valence electrons. The molecule has 0 saturated carbocycles. The van der Waals surface area contributed by atoms with E-state index in [4.69, 9.17) is 4.42 Å². The average molecular weight is 374 g/mol. The summed E-state index contributed by atoms with van der Waals surface area (Å²) in [5, 5.41) is 0. The Morgan fingerprint density at radius 2 is 1.70 bits per heavy atom. The van der Waals surface area contributed by atoms with Gasteiger partial charge in [-0.15, -0.1) is 0 Å². The molecule has 0 bridgehead atoms. The Balaban J connectivity index is 2.18. The Morgan fingerprint density at radius 1 is 1.04 bits per heavy atom. The molecular formula is C21H27FN2O3. The van der Waals surface area contributed by atoms with E-state index in [2.05, 4.69) is 0 Å². The first-order valence-electron chi connectivity index (χ1n) is 9.13. The van der Waals surface area contributed by atoms with Gasteiger partial charge in [0.05, 0.1) is 12.8 Å². The zero-order chi connectivity index (χ0) is 20.0. The van der Waals surface area contributed by atoms with Crippen LogP contribution in [0.3, 0.4) is 0 Å². The van der Waals surface area contributed by atoms with Crippen molar-refractivity contribution in [3.8, 4) is 0 Å². The Morgan fingerprint density at radius 3 is 2.22 bits per heavy atom. The van der Waals surface area contributed by atoms with E-state index < -0.39 is 0 Å². The lowest BCUT2D eigenvalue weighted by molar-refractivity contribution is -0.144. The summed E-state index contributed by atoms with van der Waals surface area (Å²) in [7, 11) is 0. The standard InChI is InChI=1S/C21H27FN2O3/c1-15(2)21(26)24(16(3)4)14-20(25)23(13-19-6-5-11-27-19)12-17-7-9-18(22)10-8-17/h5-11,15-16H,12-14H2,1-4H3. The van der Waals surface area contributed by atoms with E-state index in [-0.39, 0.29) is 42.7 Å². The number of hydrogen-bond donors (Lipinski definition) is 0. The molecule has 0 N–H and O–H groups in total. The number of nitrogens with zero attached hydrogens (tertiary/aromatic N) is 2. The third-order valence-corrected chi connectivity index (χ3v) is 4.27. The minimum Gasteiger partial charge on any atom is -0.467 e. The van der Waals surface area contributed by atoms with Crippen molar-refractivity contribution in [3.63, 3.8) is 0 Å². The molecule has 27 heavy (non-hydrogen) atoms. The fourth-order valence-corrected chi connectivity index (χ4v) is 2.73. The van der Waals surface area contributed by atoms with Gasteiger partial charge in [0.1, 0.15) is 18.1 Å². The third-order valence-electron chi connectivity index (χ3n) is 4.27. The molecule has 0 fully saturated rings. The van der Waals surface area contributed by atoms with Gasteiger partial charge in [0, 0.05) is 18.5 Å². The molecule has 0 spiro atoms. The van der Waals surface area contributed by atoms with E-state index in [1.807, 2.05) is 27.7 Å². The van der Waals surface area contributed by atoms with Gasteiger partial charge >= 0.3 is 0 Å². The Hall–Kier alpha value is -2.63. The molecule has 2 aromatic rings. The molecule has 0 radical (unpaired) electrons. The summed E-state index contributed by atoms with van der Waals surface area (Å²) in [6, 6.07) is 9.51. The topological polar surface area (TPSA) is 53.8 Å². The highest BCUT2D eigenvalue weighted by atomic mass is 19.1. The van der Waals surface area contributed by atoms with E-state index in [0.717, 1.165) is 5.56 Å². The molecule has 0 aliphatic rings. The van der Waals surface area contributed by atoms with E-state index in [0.29, 0.717) is 12.3 Å². The first-order chi connectivity index (χ1) is 12.8. The molecule has 6 heteroatoms. The lowest BCUT2D eigenvalue weighted by atomic mass is 10.1. The summed E-state index contributed by atoms with van der Waals surface area (Å²) < 4.78 is 18.5. The summed E-state index contributed by atoms with van der Waals surface area (Å²) in [6.07, 6.45) is 1.55. The van der Waals surface area contributed by atoms with Crippen LogP contribution in [0.1, 0.15) is 39.0 Å². The molecule has 2 rings (SSSR count). The molecule has 0 atom stereocenters. The van der Waals surface area contributed by atoms with Crippen LogP contribution in [0, 0.1) is 11.7 Å². The Bertz CT molecular complexity index is 739. The van der Waals surface area contributed by atoms with Gasteiger partial charge in [0.2, 0.25) is 11.8 Å². The summed E-state index contributed by atoms with van der Waals surface area (Å²) >= 11 is 0. The summed E-state index contributed by atoms with van der Waals surface area (Å²) in [4.78, 5) is 28.7. The minimum atomic E-state index is -0.323. The van der Waals surface area contributed by atoms with Crippen molar-refractivity contribution in [2.75, 3.05) is 6.54 Å². The second-order valence-corrected chi connectivity index (χ2v) is 7.17. The predicted octanol–water partition coefficient (Wildman–Crippen LogP) is 3.84. The molecule has 1 aromatic carbocycles. The van der Waals surface area contributed by atoms with Crippen LogP contribution in [0.4, 0.5) is 4.39 Å². The highest BCUT2D eigenvalue weighted by Crippen LogP contribution is 2.14. The van der Waals surface area contributed by atoms with Crippen LogP contribution in [0.2, 0.25) is 0 Å². The first kappa shape index (κ1) is 20.7. The molecule has 2 amide bonds. The van der Waals surface area contributed by atoms with Gasteiger partial charge in [-0.1, -0.05) is 26.0 Å². The molecule has 1 aromatic heterocycles. The Kier molecular flexibility index (Phi) is 7.16. The second-order valence-electron chi connectivity index (χ2n) is 7.17. The molecule has 5 nitrogen and oxygen atoms in total. The van der Waals surface area contributed by atoms with Crippen molar-refractivity contribution in [1.29, 1.82) is 0 Å². The lowest BCUT2D eigenvalue weighted by Gasteiger charge is -2.31. The van der Waals surface area contributed by atoms with Crippen LogP contribution in [-0.2, 0) is 22.7 Å². The van der Waals surface area contributed by atoms with Gasteiger partial charge in [0.25, 0.3) is 0 Å². The van der Waals surface area contributed by atoms with Gasteiger partial charge < -0.3 is 14.2 Å². The number of carbonyl (C=O) groups excluding carboxylic acids is 2. The van der Waals surface area contributed by atoms with Gasteiger partial charge in [-0.25, -0.2) is 4.39 Å². The van der Waals surface area contributed by atoms with E-state index in [1.54, 1.807) is 40.3 Å². The maximum absolute atomic E-state index is 13.2. The van der Waals surface area contributed by atoms with Crippen LogP contribution in [0.25, 0.3) is 0 Å². The van der Waals surface area contributed by atoms with Crippen molar-refractivity contribution in [2.45, 2.75) is 46.8 Å². The SMILES string of the molecule is CC(C)C(=O)N(CC(=O)N(Cc1ccc(F)cc1)Cc1ccco1)C(C)C. The fourth-order valence-electron chi connectivity index (χ4n) is 2.73. The lowest BCUT2D eigenvalue weighted by Crippen LogP contribution is -2.46. The molecule has 0 aliphatic carbocycles. The van der Waals surface area contributed by atoms with Crippen LogP contribution in [0.5, 0.6) is 0 Å². The van der Waals surface area contributed by atoms with E-state index >= 15 is 0 Å². The highest BCUT2D eigenvalue weighted by Gasteiger charge is 2.25. The van der Waals surface area contributed by atoms with Crippen LogP contribution in [-0.4, -0.2) is 34.2 Å². The minimum absolute atomic E-state index is 0.00339. The van der Waals surface area contributed by atoms with Crippen LogP contribution >= 0.6 is 0 Å². The second kappa shape index (κ2) is 9.35. The zero-order valence-electron chi connectivity index (χ0n) is 16.3. The van der Waals surface area contributed by atoms with E-state index in [9.17, 15) is 14.0 Å². The quantitative estimate of drug-likeness (QED) is 0.705. The summed E-state index contributed by atoms with van der Waals surface area (Å²) in [6.45, 7) is 8.01. The Labute approximate surface area is 159 Å².